The van der Waals surface area contributed by atoms with Crippen LogP contribution in [0.25, 0.3) is 0 Å². The highest BCUT2D eigenvalue weighted by molar-refractivity contribution is 4.64. The van der Waals surface area contributed by atoms with Gasteiger partial charge in [0.15, 0.2) is 0 Å². The minimum atomic E-state index is -0.156. The minimum Gasteiger partial charge on any atom is -0.394 e. The summed E-state index contributed by atoms with van der Waals surface area (Å²) < 4.78 is 16.6. The quantitative estimate of drug-likeness (QED) is 0.495. The fourth-order valence-corrected chi connectivity index (χ4v) is 1.63. The van der Waals surface area contributed by atoms with Crippen molar-refractivity contribution in [3.8, 4) is 0 Å². The SMILES string of the molecule is CCCCOCCOC(CO)[C@@H](C)COCCCC. The Labute approximate surface area is 118 Å². The smallest absolute Gasteiger partial charge is 0.0854 e. The number of hydrogen-bond donors (Lipinski definition) is 1. The highest BCUT2D eigenvalue weighted by atomic mass is 16.5. The molecule has 1 unspecified atom stereocenters. The molecule has 0 aromatic heterocycles. The van der Waals surface area contributed by atoms with Crippen molar-refractivity contribution in [2.45, 2.75) is 52.6 Å². The van der Waals surface area contributed by atoms with Crippen molar-refractivity contribution in [3.63, 3.8) is 0 Å². The van der Waals surface area contributed by atoms with Crippen LogP contribution in [0, 0.1) is 5.92 Å². The normalized spacial score (nSPS) is 14.5. The largest absolute Gasteiger partial charge is 0.394 e. The summed E-state index contributed by atoms with van der Waals surface area (Å²) in [6.07, 6.45) is 4.31. The molecule has 0 aromatic carbocycles. The first-order valence-corrected chi connectivity index (χ1v) is 7.64. The Kier molecular flexibility index (Phi) is 14.1. The molecule has 0 amide bonds. The predicted octanol–water partition coefficient (Wildman–Crippen LogP) is 2.63. The monoisotopic (exact) mass is 276 g/mol. The maximum absolute atomic E-state index is 9.32. The molecule has 4 nitrogen and oxygen atoms in total. The zero-order valence-electron chi connectivity index (χ0n) is 12.9. The number of aliphatic hydroxyl groups is 1. The van der Waals surface area contributed by atoms with Gasteiger partial charge in [-0.3, -0.25) is 0 Å². The molecule has 19 heavy (non-hydrogen) atoms. The Hall–Kier alpha value is -0.160. The van der Waals surface area contributed by atoms with Crippen LogP contribution in [-0.2, 0) is 14.2 Å². The maximum Gasteiger partial charge on any atom is 0.0854 e. The first kappa shape index (κ1) is 18.8. The Balaban J connectivity index is 3.56. The van der Waals surface area contributed by atoms with Crippen LogP contribution in [0.5, 0.6) is 0 Å². The van der Waals surface area contributed by atoms with Crippen molar-refractivity contribution in [2.24, 2.45) is 5.92 Å². The summed E-state index contributed by atoms with van der Waals surface area (Å²) >= 11 is 0. The van der Waals surface area contributed by atoms with Gasteiger partial charge in [-0.15, -0.1) is 0 Å². The summed E-state index contributed by atoms with van der Waals surface area (Å²) in [6, 6.07) is 0. The number of ether oxygens (including phenoxy) is 3. The third-order valence-corrected chi connectivity index (χ3v) is 3.04. The van der Waals surface area contributed by atoms with E-state index in [9.17, 15) is 5.11 Å². The van der Waals surface area contributed by atoms with Crippen LogP contribution in [0.3, 0.4) is 0 Å². The number of rotatable bonds is 14. The van der Waals surface area contributed by atoms with E-state index in [0.29, 0.717) is 19.8 Å². The first-order chi connectivity index (χ1) is 9.26. The Morgan fingerprint density at radius 1 is 0.895 bits per heavy atom. The van der Waals surface area contributed by atoms with E-state index in [1.165, 1.54) is 0 Å². The van der Waals surface area contributed by atoms with E-state index in [4.69, 9.17) is 14.2 Å². The van der Waals surface area contributed by atoms with E-state index in [-0.39, 0.29) is 18.6 Å². The van der Waals surface area contributed by atoms with Crippen molar-refractivity contribution < 1.29 is 19.3 Å². The summed E-state index contributed by atoms with van der Waals surface area (Å²) in [4.78, 5) is 0. The maximum atomic E-state index is 9.32. The molecule has 0 spiro atoms. The lowest BCUT2D eigenvalue weighted by Gasteiger charge is -2.22. The minimum absolute atomic E-state index is 0.0350. The fourth-order valence-electron chi connectivity index (χ4n) is 1.63. The average Bonchev–Trinajstić information content (AvgIpc) is 2.42. The molecule has 0 radical (unpaired) electrons. The van der Waals surface area contributed by atoms with E-state index in [1.807, 2.05) is 6.92 Å². The molecule has 0 fully saturated rings. The fraction of sp³-hybridized carbons (Fsp3) is 1.00. The molecule has 0 saturated carbocycles. The lowest BCUT2D eigenvalue weighted by atomic mass is 10.1. The van der Waals surface area contributed by atoms with Crippen LogP contribution in [0.2, 0.25) is 0 Å². The molecule has 0 bridgehead atoms. The Morgan fingerprint density at radius 2 is 1.53 bits per heavy atom. The molecule has 116 valence electrons. The van der Waals surface area contributed by atoms with Crippen LogP contribution in [0.1, 0.15) is 46.5 Å². The Bertz CT molecular complexity index is 176. The summed E-state index contributed by atoms with van der Waals surface area (Å²) in [5, 5.41) is 9.32. The molecule has 1 N–H and O–H groups in total. The second-order valence-electron chi connectivity index (χ2n) is 4.96. The van der Waals surface area contributed by atoms with Crippen LogP contribution < -0.4 is 0 Å². The van der Waals surface area contributed by atoms with E-state index < -0.39 is 0 Å². The Morgan fingerprint density at radius 3 is 2.11 bits per heavy atom. The molecule has 0 aliphatic carbocycles. The molecule has 0 heterocycles. The van der Waals surface area contributed by atoms with Gasteiger partial charge in [0.2, 0.25) is 0 Å². The third-order valence-electron chi connectivity index (χ3n) is 3.04. The second kappa shape index (κ2) is 14.3. The molecule has 4 heteroatoms. The number of aliphatic hydroxyl groups excluding tert-OH is 1. The van der Waals surface area contributed by atoms with Gasteiger partial charge < -0.3 is 19.3 Å². The van der Waals surface area contributed by atoms with Gasteiger partial charge in [-0.2, -0.15) is 0 Å². The summed E-state index contributed by atoms with van der Waals surface area (Å²) in [7, 11) is 0. The molecule has 0 aromatic rings. The summed E-state index contributed by atoms with van der Waals surface area (Å²) in [6.45, 7) is 9.72. The molecular weight excluding hydrogens is 244 g/mol. The highest BCUT2D eigenvalue weighted by Crippen LogP contribution is 2.08. The zero-order chi connectivity index (χ0) is 14.3. The van der Waals surface area contributed by atoms with Gasteiger partial charge in [0.05, 0.1) is 32.5 Å². The first-order valence-electron chi connectivity index (χ1n) is 7.64. The van der Waals surface area contributed by atoms with Crippen molar-refractivity contribution in [3.05, 3.63) is 0 Å². The molecule has 0 rings (SSSR count). The van der Waals surface area contributed by atoms with Crippen LogP contribution >= 0.6 is 0 Å². The molecular formula is C15H32O4. The molecule has 0 saturated heterocycles. The standard InChI is InChI=1S/C15H32O4/c1-4-6-8-17-10-11-19-15(12-16)14(3)13-18-9-7-5-2/h14-16H,4-13H2,1-3H3/t14-,15?/m0/s1. The van der Waals surface area contributed by atoms with Gasteiger partial charge in [-0.25, -0.2) is 0 Å². The van der Waals surface area contributed by atoms with Gasteiger partial charge in [0.1, 0.15) is 0 Å². The predicted molar refractivity (Wildman–Crippen MR) is 77.4 cm³/mol. The number of unbranched alkanes of at least 4 members (excludes halogenated alkanes) is 2. The van der Waals surface area contributed by atoms with Crippen molar-refractivity contribution in [1.29, 1.82) is 0 Å². The van der Waals surface area contributed by atoms with Gasteiger partial charge in [0, 0.05) is 19.1 Å². The topological polar surface area (TPSA) is 47.9 Å². The van der Waals surface area contributed by atoms with E-state index in [0.717, 1.165) is 38.9 Å². The van der Waals surface area contributed by atoms with Gasteiger partial charge in [0.25, 0.3) is 0 Å². The van der Waals surface area contributed by atoms with E-state index >= 15 is 0 Å². The van der Waals surface area contributed by atoms with E-state index in [1.54, 1.807) is 0 Å². The van der Waals surface area contributed by atoms with Crippen LogP contribution in [0.4, 0.5) is 0 Å². The average molecular weight is 276 g/mol. The highest BCUT2D eigenvalue weighted by Gasteiger charge is 2.17. The lowest BCUT2D eigenvalue weighted by Crippen LogP contribution is -2.30. The zero-order valence-corrected chi connectivity index (χ0v) is 12.9. The van der Waals surface area contributed by atoms with Gasteiger partial charge in [-0.05, 0) is 12.8 Å². The van der Waals surface area contributed by atoms with Crippen LogP contribution in [0.15, 0.2) is 0 Å². The van der Waals surface area contributed by atoms with Gasteiger partial charge in [-0.1, -0.05) is 33.6 Å². The molecule has 0 aliphatic heterocycles. The van der Waals surface area contributed by atoms with Crippen molar-refractivity contribution in [1.82, 2.24) is 0 Å². The third kappa shape index (κ3) is 11.4. The molecule has 0 aliphatic rings. The van der Waals surface area contributed by atoms with Crippen LogP contribution in [-0.4, -0.2) is 50.9 Å². The van der Waals surface area contributed by atoms with E-state index in [2.05, 4.69) is 13.8 Å². The lowest BCUT2D eigenvalue weighted by molar-refractivity contribution is -0.0606. The number of hydrogen-bond acceptors (Lipinski definition) is 4. The second-order valence-corrected chi connectivity index (χ2v) is 4.96. The molecule has 2 atom stereocenters. The van der Waals surface area contributed by atoms with Crippen molar-refractivity contribution in [2.75, 3.05) is 39.6 Å². The summed E-state index contributed by atoms with van der Waals surface area (Å²) in [5.41, 5.74) is 0. The summed E-state index contributed by atoms with van der Waals surface area (Å²) in [5.74, 6) is 0.206. The van der Waals surface area contributed by atoms with Crippen molar-refractivity contribution >= 4 is 0 Å². The van der Waals surface area contributed by atoms with Gasteiger partial charge >= 0.3 is 0 Å².